The van der Waals surface area contributed by atoms with Crippen LogP contribution >= 0.6 is 0 Å². The summed E-state index contributed by atoms with van der Waals surface area (Å²) in [5.41, 5.74) is 17.0. The summed E-state index contributed by atoms with van der Waals surface area (Å²) < 4.78 is 0. The van der Waals surface area contributed by atoms with Gasteiger partial charge in [-0.15, -0.1) is 0 Å². The number of piperidine rings is 1. The van der Waals surface area contributed by atoms with Crippen LogP contribution in [0.5, 0.6) is 0 Å². The molecule has 0 saturated carbocycles. The summed E-state index contributed by atoms with van der Waals surface area (Å²) in [6.07, 6.45) is 2.52. The third kappa shape index (κ3) is 2.59. The number of carbonyl (C=O) groups excluding carboxylic acids is 2. The summed E-state index contributed by atoms with van der Waals surface area (Å²) in [5, 5.41) is 0. The number of pyridine rings is 1. The first-order valence-electron chi connectivity index (χ1n) is 6.13. The number of hydrogen-bond acceptors (Lipinski definition) is 5. The number of anilines is 2. The van der Waals surface area contributed by atoms with Gasteiger partial charge in [0.25, 0.3) is 5.91 Å². The number of rotatable bonds is 3. The Bertz CT molecular complexity index is 517. The number of primary amides is 2. The van der Waals surface area contributed by atoms with Crippen molar-refractivity contribution in [3.8, 4) is 0 Å². The Kier molecular flexibility index (Phi) is 3.55. The zero-order valence-corrected chi connectivity index (χ0v) is 10.5. The van der Waals surface area contributed by atoms with Gasteiger partial charge >= 0.3 is 0 Å². The summed E-state index contributed by atoms with van der Waals surface area (Å²) >= 11 is 0. The number of nitrogens with two attached hydrogens (primary N) is 3. The van der Waals surface area contributed by atoms with Crippen molar-refractivity contribution in [2.45, 2.75) is 25.3 Å². The van der Waals surface area contributed by atoms with Gasteiger partial charge in [-0.2, -0.15) is 0 Å². The fraction of sp³-hybridized carbons (Fsp3) is 0.417. The zero-order chi connectivity index (χ0) is 14.0. The molecule has 1 atom stereocenters. The highest BCUT2D eigenvalue weighted by Gasteiger charge is 2.29. The van der Waals surface area contributed by atoms with Crippen molar-refractivity contribution in [2.24, 2.45) is 11.5 Å². The van der Waals surface area contributed by atoms with E-state index in [2.05, 4.69) is 4.98 Å². The molecule has 1 fully saturated rings. The molecule has 19 heavy (non-hydrogen) atoms. The van der Waals surface area contributed by atoms with Gasteiger partial charge in [0.1, 0.15) is 11.7 Å². The van der Waals surface area contributed by atoms with Gasteiger partial charge in [-0.25, -0.2) is 4.98 Å². The van der Waals surface area contributed by atoms with Gasteiger partial charge in [0, 0.05) is 6.54 Å². The highest BCUT2D eigenvalue weighted by molar-refractivity contribution is 5.92. The van der Waals surface area contributed by atoms with Crippen molar-refractivity contribution >= 4 is 23.3 Å². The van der Waals surface area contributed by atoms with E-state index in [0.717, 1.165) is 12.8 Å². The van der Waals surface area contributed by atoms with Gasteiger partial charge in [-0.3, -0.25) is 9.59 Å². The van der Waals surface area contributed by atoms with Crippen molar-refractivity contribution in [1.29, 1.82) is 0 Å². The fourth-order valence-electron chi connectivity index (χ4n) is 2.31. The molecule has 7 nitrogen and oxygen atoms in total. The number of nitrogen functional groups attached to an aromatic ring is 1. The molecule has 1 unspecified atom stereocenters. The first-order chi connectivity index (χ1) is 9.00. The smallest absolute Gasteiger partial charge is 0.267 e. The van der Waals surface area contributed by atoms with E-state index in [1.807, 2.05) is 0 Å². The molecule has 1 aromatic rings. The molecule has 7 heteroatoms. The molecule has 0 bridgehead atoms. The second-order valence-electron chi connectivity index (χ2n) is 4.58. The van der Waals surface area contributed by atoms with Crippen LogP contribution in [-0.4, -0.2) is 29.4 Å². The summed E-state index contributed by atoms with van der Waals surface area (Å²) in [5.74, 6) is -0.640. The minimum Gasteiger partial charge on any atom is -0.396 e. The lowest BCUT2D eigenvalue weighted by atomic mass is 10.0. The lowest BCUT2D eigenvalue weighted by Crippen LogP contribution is -2.48. The molecule has 0 radical (unpaired) electrons. The Morgan fingerprint density at radius 3 is 2.63 bits per heavy atom. The van der Waals surface area contributed by atoms with Crippen LogP contribution < -0.4 is 22.1 Å². The number of nitrogens with zero attached hydrogens (tertiary/aromatic N) is 2. The van der Waals surface area contributed by atoms with E-state index in [1.165, 1.54) is 6.07 Å². The lowest BCUT2D eigenvalue weighted by molar-refractivity contribution is -0.119. The van der Waals surface area contributed by atoms with E-state index in [9.17, 15) is 9.59 Å². The van der Waals surface area contributed by atoms with E-state index in [4.69, 9.17) is 17.2 Å². The third-order valence-electron chi connectivity index (χ3n) is 3.26. The maximum atomic E-state index is 11.5. The summed E-state index contributed by atoms with van der Waals surface area (Å²) in [4.78, 5) is 28.6. The van der Waals surface area contributed by atoms with Crippen molar-refractivity contribution in [3.05, 3.63) is 17.8 Å². The van der Waals surface area contributed by atoms with Crippen LogP contribution in [0.4, 0.5) is 11.5 Å². The largest absolute Gasteiger partial charge is 0.396 e. The highest BCUT2D eigenvalue weighted by Crippen LogP contribution is 2.28. The van der Waals surface area contributed by atoms with E-state index in [-0.39, 0.29) is 5.69 Å². The van der Waals surface area contributed by atoms with Crippen molar-refractivity contribution < 1.29 is 9.59 Å². The second-order valence-corrected chi connectivity index (χ2v) is 4.58. The average molecular weight is 263 g/mol. The molecule has 1 aliphatic heterocycles. The minimum absolute atomic E-state index is 0.123. The molecule has 2 rings (SSSR count). The minimum atomic E-state index is -0.631. The van der Waals surface area contributed by atoms with E-state index in [1.54, 1.807) is 11.0 Å². The first kappa shape index (κ1) is 13.1. The molecular formula is C12H17N5O2. The zero-order valence-electron chi connectivity index (χ0n) is 10.5. The SMILES string of the molecule is NC(=O)c1ccc(N)c(N2CCCCC2C(N)=O)n1. The maximum absolute atomic E-state index is 11.5. The Morgan fingerprint density at radius 1 is 1.26 bits per heavy atom. The van der Waals surface area contributed by atoms with Gasteiger partial charge in [0.05, 0.1) is 5.69 Å². The van der Waals surface area contributed by atoms with Crippen LogP contribution in [0.3, 0.4) is 0 Å². The number of hydrogen-bond donors (Lipinski definition) is 3. The standard InChI is InChI=1S/C12H17N5O2/c13-7-4-5-8(10(14)18)16-12(7)17-6-2-1-3-9(17)11(15)19/h4-5,9H,1-3,6,13H2,(H2,14,18)(H2,15,19). The second kappa shape index (κ2) is 5.13. The van der Waals surface area contributed by atoms with Crippen LogP contribution in [0.25, 0.3) is 0 Å². The van der Waals surface area contributed by atoms with Crippen molar-refractivity contribution in [2.75, 3.05) is 17.2 Å². The predicted octanol–water partition coefficient (Wildman–Crippen LogP) is -0.393. The Labute approximate surface area is 110 Å². The van der Waals surface area contributed by atoms with Crippen LogP contribution in [-0.2, 0) is 4.79 Å². The van der Waals surface area contributed by atoms with E-state index in [0.29, 0.717) is 24.5 Å². The van der Waals surface area contributed by atoms with Gasteiger partial charge in [0.2, 0.25) is 5.91 Å². The van der Waals surface area contributed by atoms with Crippen LogP contribution in [0, 0.1) is 0 Å². The molecule has 1 aromatic heterocycles. The number of carbonyl (C=O) groups is 2. The van der Waals surface area contributed by atoms with E-state index < -0.39 is 17.9 Å². The molecule has 2 heterocycles. The topological polar surface area (TPSA) is 128 Å². The van der Waals surface area contributed by atoms with Crippen molar-refractivity contribution in [3.63, 3.8) is 0 Å². The molecule has 0 spiro atoms. The van der Waals surface area contributed by atoms with Gasteiger partial charge < -0.3 is 22.1 Å². The molecular weight excluding hydrogens is 246 g/mol. The lowest BCUT2D eigenvalue weighted by Gasteiger charge is -2.35. The van der Waals surface area contributed by atoms with E-state index >= 15 is 0 Å². The van der Waals surface area contributed by atoms with Crippen molar-refractivity contribution in [1.82, 2.24) is 4.98 Å². The van der Waals surface area contributed by atoms with Crippen LogP contribution in [0.2, 0.25) is 0 Å². The van der Waals surface area contributed by atoms with Gasteiger partial charge in [0.15, 0.2) is 5.82 Å². The van der Waals surface area contributed by atoms with Gasteiger partial charge in [-0.1, -0.05) is 0 Å². The van der Waals surface area contributed by atoms with Crippen LogP contribution in [0.1, 0.15) is 29.8 Å². The summed E-state index contributed by atoms with van der Waals surface area (Å²) in [7, 11) is 0. The summed E-state index contributed by atoms with van der Waals surface area (Å²) in [6.45, 7) is 0.632. The molecule has 2 amide bonds. The first-order valence-corrected chi connectivity index (χ1v) is 6.13. The van der Waals surface area contributed by atoms with Crippen LogP contribution in [0.15, 0.2) is 12.1 Å². The summed E-state index contributed by atoms with van der Waals surface area (Å²) in [6, 6.07) is 2.59. The Morgan fingerprint density at radius 2 is 2.00 bits per heavy atom. The predicted molar refractivity (Wildman–Crippen MR) is 71.3 cm³/mol. The third-order valence-corrected chi connectivity index (χ3v) is 3.26. The Hall–Kier alpha value is -2.31. The number of aromatic nitrogens is 1. The van der Waals surface area contributed by atoms with Gasteiger partial charge in [-0.05, 0) is 31.4 Å². The Balaban J connectivity index is 2.40. The highest BCUT2D eigenvalue weighted by atomic mass is 16.1. The fourth-order valence-corrected chi connectivity index (χ4v) is 2.31. The molecule has 6 N–H and O–H groups in total. The normalized spacial score (nSPS) is 19.2. The molecule has 1 saturated heterocycles. The molecule has 0 aromatic carbocycles. The molecule has 102 valence electrons. The maximum Gasteiger partial charge on any atom is 0.267 e. The quantitative estimate of drug-likeness (QED) is 0.684. The average Bonchev–Trinajstić information content (AvgIpc) is 2.39. The molecule has 0 aliphatic carbocycles. The number of amides is 2. The monoisotopic (exact) mass is 263 g/mol. The molecule has 1 aliphatic rings.